The number of amides is 2. The quantitative estimate of drug-likeness (QED) is 0.610. The van der Waals surface area contributed by atoms with Crippen LogP contribution in [0.3, 0.4) is 0 Å². The molecular formula is C20H19NO5. The van der Waals surface area contributed by atoms with Crippen LogP contribution in [-0.2, 0) is 4.79 Å². The molecule has 0 saturated carbocycles. The molecular weight excluding hydrogens is 334 g/mol. The summed E-state index contributed by atoms with van der Waals surface area (Å²) < 4.78 is 11.0. The van der Waals surface area contributed by atoms with E-state index in [9.17, 15) is 14.4 Å². The zero-order valence-electron chi connectivity index (χ0n) is 14.6. The maximum atomic E-state index is 12.8. The Morgan fingerprint density at radius 3 is 2.58 bits per heavy atom. The number of fused-ring (bicyclic) bond motifs is 1. The third-order valence-corrected chi connectivity index (χ3v) is 4.07. The Morgan fingerprint density at radius 2 is 1.81 bits per heavy atom. The van der Waals surface area contributed by atoms with Gasteiger partial charge in [-0.05, 0) is 38.1 Å². The minimum absolute atomic E-state index is 0.260. The largest absolute Gasteiger partial charge is 0.493 e. The number of benzene rings is 2. The average molecular weight is 353 g/mol. The van der Waals surface area contributed by atoms with Crippen molar-refractivity contribution in [2.45, 2.75) is 20.0 Å². The molecule has 6 heteroatoms. The average Bonchev–Trinajstić information content (AvgIpc) is 2.73. The molecule has 6 nitrogen and oxygen atoms in total. The van der Waals surface area contributed by atoms with Crippen molar-refractivity contribution < 1.29 is 23.9 Å². The lowest BCUT2D eigenvalue weighted by atomic mass is 10.1. The summed E-state index contributed by atoms with van der Waals surface area (Å²) in [6.07, 6.45) is -0.863. The first kappa shape index (κ1) is 17.7. The summed E-state index contributed by atoms with van der Waals surface area (Å²) in [5.74, 6) is -0.699. The van der Waals surface area contributed by atoms with E-state index in [0.29, 0.717) is 23.7 Å². The molecule has 1 atom stereocenters. The molecule has 2 aromatic carbocycles. The fraction of sp³-hybridized carbons (Fsp3) is 0.250. The van der Waals surface area contributed by atoms with Crippen LogP contribution in [0, 0.1) is 0 Å². The summed E-state index contributed by atoms with van der Waals surface area (Å²) in [5.41, 5.74) is 0.595. The SMILES string of the molecule is CCOc1ccccc1C(=O)CN1C(=O)c2ccccc2OC(C)C1=O. The molecule has 0 spiro atoms. The lowest BCUT2D eigenvalue weighted by Crippen LogP contribution is -2.44. The Morgan fingerprint density at radius 1 is 1.12 bits per heavy atom. The van der Waals surface area contributed by atoms with Crippen molar-refractivity contribution in [2.75, 3.05) is 13.2 Å². The van der Waals surface area contributed by atoms with E-state index < -0.39 is 17.9 Å². The molecule has 0 aromatic heterocycles. The number of Topliss-reactive ketones (excluding diaryl/α,β-unsaturated/α-hetero) is 1. The zero-order chi connectivity index (χ0) is 18.7. The summed E-state index contributed by atoms with van der Waals surface area (Å²) in [4.78, 5) is 39.1. The van der Waals surface area contributed by atoms with E-state index in [1.54, 1.807) is 55.5 Å². The predicted octanol–water partition coefficient (Wildman–Crippen LogP) is 2.72. The Hall–Kier alpha value is -3.15. The van der Waals surface area contributed by atoms with Crippen LogP contribution in [0.5, 0.6) is 11.5 Å². The van der Waals surface area contributed by atoms with Crippen molar-refractivity contribution in [3.63, 3.8) is 0 Å². The summed E-state index contributed by atoms with van der Waals surface area (Å²) in [6.45, 7) is 3.41. The highest BCUT2D eigenvalue weighted by atomic mass is 16.5. The standard InChI is InChI=1S/C20H19NO5/c1-3-25-17-10-6-4-8-14(17)16(22)12-21-19(23)13(2)26-18-11-7-5-9-15(18)20(21)24/h4-11,13H,3,12H2,1-2H3. The smallest absolute Gasteiger partial charge is 0.270 e. The van der Waals surface area contributed by atoms with E-state index in [-0.39, 0.29) is 17.9 Å². The lowest BCUT2D eigenvalue weighted by molar-refractivity contribution is -0.134. The van der Waals surface area contributed by atoms with Crippen molar-refractivity contribution >= 4 is 17.6 Å². The molecule has 3 rings (SSSR count). The van der Waals surface area contributed by atoms with Gasteiger partial charge < -0.3 is 9.47 Å². The number of ether oxygens (including phenoxy) is 2. The monoisotopic (exact) mass is 353 g/mol. The number of ketones is 1. The van der Waals surface area contributed by atoms with E-state index in [0.717, 1.165) is 4.90 Å². The van der Waals surface area contributed by atoms with Gasteiger partial charge in [0.15, 0.2) is 11.9 Å². The molecule has 0 radical (unpaired) electrons. The van der Waals surface area contributed by atoms with E-state index in [4.69, 9.17) is 9.47 Å². The molecule has 1 aliphatic heterocycles. The van der Waals surface area contributed by atoms with E-state index in [2.05, 4.69) is 0 Å². The van der Waals surface area contributed by atoms with Crippen LogP contribution in [0.1, 0.15) is 34.6 Å². The predicted molar refractivity (Wildman–Crippen MR) is 94.5 cm³/mol. The molecule has 1 heterocycles. The van der Waals surface area contributed by atoms with Gasteiger partial charge in [-0.25, -0.2) is 0 Å². The number of hydrogen-bond acceptors (Lipinski definition) is 5. The van der Waals surface area contributed by atoms with Gasteiger partial charge in [0, 0.05) is 0 Å². The number of carbonyl (C=O) groups excluding carboxylic acids is 3. The van der Waals surface area contributed by atoms with Crippen LogP contribution in [0.25, 0.3) is 0 Å². The molecule has 0 N–H and O–H groups in total. The second kappa shape index (κ2) is 7.39. The molecule has 134 valence electrons. The Balaban J connectivity index is 1.92. The number of rotatable bonds is 5. The Bertz CT molecular complexity index is 861. The van der Waals surface area contributed by atoms with Crippen molar-refractivity contribution in [3.05, 3.63) is 59.7 Å². The van der Waals surface area contributed by atoms with Gasteiger partial charge in [0.25, 0.3) is 11.8 Å². The third kappa shape index (κ3) is 3.31. The van der Waals surface area contributed by atoms with Gasteiger partial charge in [0.05, 0.1) is 24.3 Å². The Kier molecular flexibility index (Phi) is 5.02. The molecule has 0 bridgehead atoms. The van der Waals surface area contributed by atoms with Crippen LogP contribution >= 0.6 is 0 Å². The summed E-state index contributed by atoms with van der Waals surface area (Å²) in [7, 11) is 0. The van der Waals surface area contributed by atoms with Crippen molar-refractivity contribution in [3.8, 4) is 11.5 Å². The van der Waals surface area contributed by atoms with E-state index in [1.165, 1.54) is 0 Å². The van der Waals surface area contributed by atoms with E-state index >= 15 is 0 Å². The van der Waals surface area contributed by atoms with Crippen LogP contribution < -0.4 is 9.47 Å². The molecule has 2 amide bonds. The summed E-state index contributed by atoms with van der Waals surface area (Å²) >= 11 is 0. The first-order valence-corrected chi connectivity index (χ1v) is 8.39. The topological polar surface area (TPSA) is 72.9 Å². The van der Waals surface area contributed by atoms with Gasteiger partial charge in [-0.15, -0.1) is 0 Å². The van der Waals surface area contributed by atoms with Crippen molar-refractivity contribution in [1.82, 2.24) is 4.90 Å². The molecule has 0 saturated heterocycles. The van der Waals surface area contributed by atoms with Gasteiger partial charge in [-0.2, -0.15) is 0 Å². The minimum Gasteiger partial charge on any atom is -0.493 e. The van der Waals surface area contributed by atoms with E-state index in [1.807, 2.05) is 6.92 Å². The summed E-state index contributed by atoms with van der Waals surface area (Å²) in [5, 5.41) is 0. The van der Waals surface area contributed by atoms with Crippen LogP contribution in [-0.4, -0.2) is 41.8 Å². The van der Waals surface area contributed by atoms with Crippen LogP contribution in [0.15, 0.2) is 48.5 Å². The first-order chi connectivity index (χ1) is 12.5. The highest BCUT2D eigenvalue weighted by Gasteiger charge is 2.35. The third-order valence-electron chi connectivity index (χ3n) is 4.07. The molecule has 0 fully saturated rings. The maximum Gasteiger partial charge on any atom is 0.270 e. The number of hydrogen-bond donors (Lipinski definition) is 0. The van der Waals surface area contributed by atoms with Crippen molar-refractivity contribution in [1.29, 1.82) is 0 Å². The lowest BCUT2D eigenvalue weighted by Gasteiger charge is -2.20. The van der Waals surface area contributed by atoms with Crippen molar-refractivity contribution in [2.24, 2.45) is 0 Å². The van der Waals surface area contributed by atoms with Gasteiger partial charge in [0.2, 0.25) is 0 Å². The molecule has 2 aromatic rings. The van der Waals surface area contributed by atoms with Gasteiger partial charge >= 0.3 is 0 Å². The highest BCUT2D eigenvalue weighted by Crippen LogP contribution is 2.26. The second-order valence-electron chi connectivity index (χ2n) is 5.84. The fourth-order valence-corrected chi connectivity index (χ4v) is 2.81. The molecule has 0 aliphatic carbocycles. The first-order valence-electron chi connectivity index (χ1n) is 8.39. The fourth-order valence-electron chi connectivity index (χ4n) is 2.81. The van der Waals surface area contributed by atoms with Crippen LogP contribution in [0.2, 0.25) is 0 Å². The van der Waals surface area contributed by atoms with Crippen LogP contribution in [0.4, 0.5) is 0 Å². The van der Waals surface area contributed by atoms with Gasteiger partial charge in [0.1, 0.15) is 11.5 Å². The number of carbonyl (C=O) groups is 3. The number of imide groups is 1. The second-order valence-corrected chi connectivity index (χ2v) is 5.84. The molecule has 1 aliphatic rings. The maximum absolute atomic E-state index is 12.8. The molecule has 1 unspecified atom stereocenters. The number of nitrogens with zero attached hydrogens (tertiary/aromatic N) is 1. The number of para-hydroxylation sites is 2. The Labute approximate surface area is 151 Å². The normalized spacial score (nSPS) is 16.5. The zero-order valence-corrected chi connectivity index (χ0v) is 14.6. The van der Waals surface area contributed by atoms with Gasteiger partial charge in [-0.1, -0.05) is 24.3 Å². The van der Waals surface area contributed by atoms with Gasteiger partial charge in [-0.3, -0.25) is 19.3 Å². The minimum atomic E-state index is -0.863. The summed E-state index contributed by atoms with van der Waals surface area (Å²) in [6, 6.07) is 13.4. The molecule has 26 heavy (non-hydrogen) atoms. The highest BCUT2D eigenvalue weighted by molar-refractivity contribution is 6.12.